The molecule has 4 aromatic carbocycles. The van der Waals surface area contributed by atoms with E-state index in [1.165, 1.54) is 35.9 Å². The molecule has 0 spiro atoms. The number of aromatic hydroxyl groups is 1. The first-order valence-corrected chi connectivity index (χ1v) is 16.4. The van der Waals surface area contributed by atoms with Crippen molar-refractivity contribution in [2.45, 2.75) is 105 Å². The molecule has 0 saturated carbocycles. The van der Waals surface area contributed by atoms with Crippen molar-refractivity contribution in [1.82, 2.24) is 10.2 Å². The Hall–Kier alpha value is -4.46. The summed E-state index contributed by atoms with van der Waals surface area (Å²) in [6.45, 7) is 24.0. The molecule has 1 heterocycles. The number of rotatable bonds is 0. The lowest BCUT2D eigenvalue weighted by Gasteiger charge is -2.21. The molecular formula is C41H55F3N4O. The second-order valence-electron chi connectivity index (χ2n) is 16.2. The number of hydrogen-bond donors (Lipinski definition) is 4. The van der Waals surface area contributed by atoms with Crippen LogP contribution in [0.4, 0.5) is 24.7 Å². The Morgan fingerprint density at radius 1 is 0.531 bits per heavy atom. The maximum absolute atomic E-state index is 13.3. The molecule has 0 radical (unpaired) electrons. The van der Waals surface area contributed by atoms with Gasteiger partial charge < -0.3 is 16.6 Å². The van der Waals surface area contributed by atoms with Crippen LogP contribution in [0.1, 0.15) is 105 Å². The van der Waals surface area contributed by atoms with Gasteiger partial charge in [0.2, 0.25) is 0 Å². The zero-order valence-corrected chi connectivity index (χ0v) is 31.2. The van der Waals surface area contributed by atoms with E-state index in [9.17, 15) is 18.3 Å². The van der Waals surface area contributed by atoms with Gasteiger partial charge in [-0.3, -0.25) is 5.10 Å². The zero-order chi connectivity index (χ0) is 37.5. The fraction of sp³-hybridized carbons (Fsp3) is 0.390. The van der Waals surface area contributed by atoms with Crippen molar-refractivity contribution in [3.05, 3.63) is 119 Å². The lowest BCUT2D eigenvalue weighted by Crippen LogP contribution is -2.16. The van der Waals surface area contributed by atoms with E-state index in [-0.39, 0.29) is 44.9 Å². The third kappa shape index (κ3) is 11.3. The first kappa shape index (κ1) is 40.7. The molecule has 5 rings (SSSR count). The summed E-state index contributed by atoms with van der Waals surface area (Å²) in [4.78, 5) is 0. The number of anilines is 2. The number of nitrogens with zero attached hydrogens (tertiary/aromatic N) is 1. The summed E-state index contributed by atoms with van der Waals surface area (Å²) in [5.74, 6) is -0.0574. The van der Waals surface area contributed by atoms with Crippen LogP contribution in [0.25, 0.3) is 10.9 Å². The van der Waals surface area contributed by atoms with Crippen LogP contribution in [0, 0.1) is 17.5 Å². The van der Waals surface area contributed by atoms with Gasteiger partial charge in [-0.1, -0.05) is 126 Å². The summed E-state index contributed by atoms with van der Waals surface area (Å²) in [6, 6.07) is 22.2. The maximum atomic E-state index is 13.3. The van der Waals surface area contributed by atoms with Crippen molar-refractivity contribution in [3.63, 3.8) is 0 Å². The number of aromatic nitrogens is 2. The standard InChI is InChI=1S/C11H15N3.C10H14FN.C10H13FO.C10H13F/c1-11(2,3)7-5-4-6-8-9(7)10(12)14-13-8;2*1-10(2,3)9-7(11)5-4-6-8(9)12;1-10(2,3)8-6-4-5-7-9(8)11/h4-6H,1-3H3,(H3,12,13,14);4-6H,12H2,1-3H3;4-6,12H,1-3H3;4-7H,1-3H3. The van der Waals surface area contributed by atoms with Gasteiger partial charge in [0.25, 0.3) is 0 Å². The Kier molecular flexibility index (Phi) is 13.2. The largest absolute Gasteiger partial charge is 0.508 e. The van der Waals surface area contributed by atoms with Crippen LogP contribution in [0.5, 0.6) is 5.75 Å². The maximum Gasteiger partial charge on any atom is 0.153 e. The molecule has 49 heavy (non-hydrogen) atoms. The van der Waals surface area contributed by atoms with E-state index < -0.39 is 0 Å². The van der Waals surface area contributed by atoms with Gasteiger partial charge in [0.05, 0.1) is 5.52 Å². The van der Waals surface area contributed by atoms with Gasteiger partial charge in [-0.2, -0.15) is 5.10 Å². The van der Waals surface area contributed by atoms with E-state index in [0.717, 1.165) is 16.5 Å². The van der Waals surface area contributed by atoms with Gasteiger partial charge in [-0.05, 0) is 69.2 Å². The number of phenolic OH excluding ortho intramolecular Hbond substituents is 1. The van der Waals surface area contributed by atoms with E-state index in [1.807, 2.05) is 86.6 Å². The van der Waals surface area contributed by atoms with E-state index in [2.05, 4.69) is 37.0 Å². The van der Waals surface area contributed by atoms with Crippen LogP contribution in [0.3, 0.4) is 0 Å². The normalized spacial score (nSPS) is 11.8. The summed E-state index contributed by atoms with van der Waals surface area (Å²) in [6.07, 6.45) is 0. The molecule has 0 atom stereocenters. The van der Waals surface area contributed by atoms with Crippen LogP contribution >= 0.6 is 0 Å². The molecule has 0 unspecified atom stereocenters. The smallest absolute Gasteiger partial charge is 0.153 e. The number of halogens is 3. The van der Waals surface area contributed by atoms with Crippen molar-refractivity contribution < 1.29 is 18.3 Å². The Morgan fingerprint density at radius 3 is 1.39 bits per heavy atom. The fourth-order valence-electron chi connectivity index (χ4n) is 5.38. The molecule has 5 nitrogen and oxygen atoms in total. The van der Waals surface area contributed by atoms with Crippen LogP contribution in [-0.2, 0) is 21.7 Å². The molecule has 0 bridgehead atoms. The molecule has 6 N–H and O–H groups in total. The van der Waals surface area contributed by atoms with Crippen molar-refractivity contribution in [2.24, 2.45) is 0 Å². The van der Waals surface area contributed by atoms with Crippen molar-refractivity contribution >= 4 is 22.4 Å². The number of benzene rings is 4. The van der Waals surface area contributed by atoms with Crippen LogP contribution in [-0.4, -0.2) is 15.3 Å². The highest BCUT2D eigenvalue weighted by Crippen LogP contribution is 2.33. The monoisotopic (exact) mass is 676 g/mol. The summed E-state index contributed by atoms with van der Waals surface area (Å²) < 4.78 is 39.5. The molecule has 8 heteroatoms. The number of fused-ring (bicyclic) bond motifs is 1. The minimum atomic E-state index is -0.352. The Labute approximate surface area is 291 Å². The average molecular weight is 677 g/mol. The van der Waals surface area contributed by atoms with Gasteiger partial charge in [-0.15, -0.1) is 0 Å². The van der Waals surface area contributed by atoms with Crippen LogP contribution in [0.2, 0.25) is 0 Å². The number of phenols is 1. The van der Waals surface area contributed by atoms with E-state index in [0.29, 0.717) is 22.6 Å². The highest BCUT2D eigenvalue weighted by atomic mass is 19.1. The van der Waals surface area contributed by atoms with E-state index in [1.54, 1.807) is 18.2 Å². The second kappa shape index (κ2) is 15.8. The summed E-state index contributed by atoms with van der Waals surface area (Å²) in [5.41, 5.74) is 15.5. The summed E-state index contributed by atoms with van der Waals surface area (Å²) >= 11 is 0. The Balaban J connectivity index is 0.000000228. The van der Waals surface area contributed by atoms with Gasteiger partial charge in [0.15, 0.2) is 5.82 Å². The minimum absolute atomic E-state index is 0.0301. The second-order valence-corrected chi connectivity index (χ2v) is 16.2. The number of nitrogen functional groups attached to an aromatic ring is 2. The molecule has 0 aliphatic rings. The van der Waals surface area contributed by atoms with Crippen molar-refractivity contribution in [2.75, 3.05) is 11.5 Å². The highest BCUT2D eigenvalue weighted by molar-refractivity contribution is 5.92. The minimum Gasteiger partial charge on any atom is -0.508 e. The number of hydrogen-bond acceptors (Lipinski definition) is 4. The molecule has 5 aromatic rings. The summed E-state index contributed by atoms with van der Waals surface area (Å²) in [5, 5.41) is 17.4. The summed E-state index contributed by atoms with van der Waals surface area (Å²) in [7, 11) is 0. The predicted molar refractivity (Wildman–Crippen MR) is 201 cm³/mol. The first-order chi connectivity index (χ1) is 22.4. The molecule has 0 aliphatic heterocycles. The third-order valence-corrected chi connectivity index (χ3v) is 7.64. The van der Waals surface area contributed by atoms with E-state index in [4.69, 9.17) is 11.5 Å². The van der Waals surface area contributed by atoms with Gasteiger partial charge in [0.1, 0.15) is 23.2 Å². The van der Waals surface area contributed by atoms with Crippen molar-refractivity contribution in [1.29, 1.82) is 0 Å². The molecular weight excluding hydrogens is 621 g/mol. The van der Waals surface area contributed by atoms with Gasteiger partial charge in [0, 0.05) is 22.2 Å². The Bertz CT molecular complexity index is 1720. The number of H-pyrrole nitrogens is 1. The van der Waals surface area contributed by atoms with Crippen LogP contribution in [0.15, 0.2) is 78.9 Å². The predicted octanol–water partition coefficient (Wildman–Crippen LogP) is 11.1. The molecule has 1 aromatic heterocycles. The zero-order valence-electron chi connectivity index (χ0n) is 31.2. The third-order valence-electron chi connectivity index (χ3n) is 7.64. The molecule has 0 aliphatic carbocycles. The topological polar surface area (TPSA) is 101 Å². The highest BCUT2D eigenvalue weighted by Gasteiger charge is 2.23. The number of nitrogens with one attached hydrogen (secondary N) is 1. The molecule has 0 saturated heterocycles. The Morgan fingerprint density at radius 2 is 0.980 bits per heavy atom. The van der Waals surface area contributed by atoms with Crippen LogP contribution < -0.4 is 11.5 Å². The SMILES string of the molecule is CC(C)(C)c1c(N)cccc1F.CC(C)(C)c1c(O)cccc1F.CC(C)(C)c1cccc2[nH]nc(N)c12.CC(C)(C)c1ccccc1F. The van der Waals surface area contributed by atoms with Gasteiger partial charge in [-0.25, -0.2) is 13.2 Å². The van der Waals surface area contributed by atoms with Crippen molar-refractivity contribution in [3.8, 4) is 5.75 Å². The first-order valence-electron chi connectivity index (χ1n) is 16.4. The molecule has 266 valence electrons. The van der Waals surface area contributed by atoms with Gasteiger partial charge >= 0.3 is 0 Å². The molecule has 0 amide bonds. The average Bonchev–Trinajstić information content (AvgIpc) is 3.32. The molecule has 0 fully saturated rings. The fourth-order valence-corrected chi connectivity index (χ4v) is 5.38. The lowest BCUT2D eigenvalue weighted by molar-refractivity contribution is 0.429. The van der Waals surface area contributed by atoms with E-state index >= 15 is 0 Å². The lowest BCUT2D eigenvalue weighted by atomic mass is 9.85. The number of nitrogens with two attached hydrogens (primary N) is 2. The quantitative estimate of drug-likeness (QED) is 0.123. The number of aromatic amines is 1.